The van der Waals surface area contributed by atoms with Crippen molar-refractivity contribution in [2.75, 3.05) is 19.6 Å². The Bertz CT molecular complexity index is 392. The summed E-state index contributed by atoms with van der Waals surface area (Å²) in [5, 5.41) is 21.2. The Kier molecular flexibility index (Phi) is 4.76. The van der Waals surface area contributed by atoms with Crippen LogP contribution in [-0.2, 0) is 4.79 Å². The zero-order chi connectivity index (χ0) is 15.5. The van der Waals surface area contributed by atoms with Crippen LogP contribution in [0.25, 0.3) is 0 Å². The molecule has 2 amide bonds. The van der Waals surface area contributed by atoms with Crippen LogP contribution >= 0.6 is 0 Å². The molecule has 2 aliphatic rings. The maximum absolute atomic E-state index is 12.1. The summed E-state index contributed by atoms with van der Waals surface area (Å²) in [5.41, 5.74) is -0.949. The third-order valence-electron chi connectivity index (χ3n) is 4.93. The highest BCUT2D eigenvalue weighted by Crippen LogP contribution is 2.46. The van der Waals surface area contributed by atoms with Crippen LogP contribution < -0.4 is 5.32 Å². The fourth-order valence-corrected chi connectivity index (χ4v) is 3.58. The Hall–Kier alpha value is -1.30. The van der Waals surface area contributed by atoms with Crippen molar-refractivity contribution in [2.24, 2.45) is 5.41 Å². The van der Waals surface area contributed by atoms with Gasteiger partial charge in [-0.15, -0.1) is 0 Å². The molecule has 1 heterocycles. The average Bonchev–Trinajstić information content (AvgIpc) is 2.84. The molecule has 2 fully saturated rings. The van der Waals surface area contributed by atoms with Gasteiger partial charge in [-0.05, 0) is 38.0 Å². The highest BCUT2D eigenvalue weighted by atomic mass is 16.4. The smallest absolute Gasteiger partial charge is 0.317 e. The van der Waals surface area contributed by atoms with Gasteiger partial charge in [-0.3, -0.25) is 4.79 Å². The predicted octanol–water partition coefficient (Wildman–Crippen LogP) is 1.58. The lowest BCUT2D eigenvalue weighted by Gasteiger charge is -2.39. The van der Waals surface area contributed by atoms with Gasteiger partial charge in [0, 0.05) is 19.6 Å². The first-order valence-electron chi connectivity index (χ1n) is 7.79. The van der Waals surface area contributed by atoms with Crippen LogP contribution in [0.15, 0.2) is 0 Å². The van der Waals surface area contributed by atoms with Gasteiger partial charge in [0.15, 0.2) is 0 Å². The minimum atomic E-state index is -1.41. The van der Waals surface area contributed by atoms with Crippen LogP contribution in [0.5, 0.6) is 0 Å². The van der Waals surface area contributed by atoms with Gasteiger partial charge >= 0.3 is 12.0 Å². The zero-order valence-electron chi connectivity index (χ0n) is 12.7. The first-order valence-corrected chi connectivity index (χ1v) is 7.79. The number of hydrogen-bond acceptors (Lipinski definition) is 3. The van der Waals surface area contributed by atoms with Crippen molar-refractivity contribution < 1.29 is 19.8 Å². The molecule has 3 N–H and O–H groups in total. The molecule has 0 radical (unpaired) electrons. The van der Waals surface area contributed by atoms with Gasteiger partial charge in [0.05, 0.1) is 12.0 Å². The maximum atomic E-state index is 12.1. The number of amides is 2. The van der Waals surface area contributed by atoms with Crippen molar-refractivity contribution in [1.82, 2.24) is 10.2 Å². The molecule has 0 aromatic rings. The Morgan fingerprint density at radius 1 is 1.19 bits per heavy atom. The minimum Gasteiger partial charge on any atom is -0.481 e. The molecule has 0 aromatic heterocycles. The largest absolute Gasteiger partial charge is 0.481 e. The molecular weight excluding hydrogens is 272 g/mol. The molecule has 1 spiro atoms. The van der Waals surface area contributed by atoms with Crippen molar-refractivity contribution in [3.05, 3.63) is 0 Å². The summed E-state index contributed by atoms with van der Waals surface area (Å²) in [4.78, 5) is 24.5. The third kappa shape index (κ3) is 4.33. The number of carbonyl (C=O) groups excluding carboxylic acids is 1. The summed E-state index contributed by atoms with van der Waals surface area (Å²) in [5.74, 6) is -1.07. The number of carboxylic acids is 1. The maximum Gasteiger partial charge on any atom is 0.317 e. The molecule has 2 rings (SSSR count). The van der Waals surface area contributed by atoms with Gasteiger partial charge in [-0.2, -0.15) is 0 Å². The van der Waals surface area contributed by atoms with E-state index < -0.39 is 11.6 Å². The monoisotopic (exact) mass is 298 g/mol. The Labute approximate surface area is 125 Å². The number of hydrogen-bond donors (Lipinski definition) is 3. The molecule has 6 heteroatoms. The van der Waals surface area contributed by atoms with Crippen LogP contribution in [0.1, 0.15) is 51.9 Å². The Morgan fingerprint density at radius 3 is 2.29 bits per heavy atom. The van der Waals surface area contributed by atoms with E-state index in [1.807, 2.05) is 0 Å². The second-order valence-electron chi connectivity index (χ2n) is 6.92. The predicted molar refractivity (Wildman–Crippen MR) is 78.0 cm³/mol. The quantitative estimate of drug-likeness (QED) is 0.735. The highest BCUT2D eigenvalue weighted by molar-refractivity contribution is 5.74. The van der Waals surface area contributed by atoms with Crippen molar-refractivity contribution in [1.29, 1.82) is 0 Å². The number of aliphatic hydroxyl groups is 1. The number of urea groups is 1. The molecule has 0 aromatic carbocycles. The van der Waals surface area contributed by atoms with E-state index in [1.165, 1.54) is 32.6 Å². The summed E-state index contributed by atoms with van der Waals surface area (Å²) in [6, 6.07) is -0.200. The number of likely N-dealkylation sites (tertiary alicyclic amines) is 1. The summed E-state index contributed by atoms with van der Waals surface area (Å²) in [7, 11) is 0. The van der Waals surface area contributed by atoms with Gasteiger partial charge in [0.2, 0.25) is 0 Å². The number of rotatable bonds is 4. The molecule has 1 saturated carbocycles. The zero-order valence-corrected chi connectivity index (χ0v) is 12.7. The van der Waals surface area contributed by atoms with Gasteiger partial charge in [0.1, 0.15) is 0 Å². The SMILES string of the molecule is CC(O)(CNC(=O)N1CCC2(CCCC2)CC1)CC(=O)O. The summed E-state index contributed by atoms with van der Waals surface area (Å²) in [6.45, 7) is 2.89. The first-order chi connectivity index (χ1) is 9.82. The van der Waals surface area contributed by atoms with Gasteiger partial charge in [0.25, 0.3) is 0 Å². The molecule has 6 nitrogen and oxygen atoms in total. The molecule has 0 bridgehead atoms. The first kappa shape index (κ1) is 16.1. The topological polar surface area (TPSA) is 89.9 Å². The van der Waals surface area contributed by atoms with Crippen molar-refractivity contribution in [3.63, 3.8) is 0 Å². The van der Waals surface area contributed by atoms with E-state index in [-0.39, 0.29) is 19.0 Å². The van der Waals surface area contributed by atoms with Crippen LogP contribution in [-0.4, -0.2) is 52.3 Å². The van der Waals surface area contributed by atoms with Crippen molar-refractivity contribution in [3.8, 4) is 0 Å². The number of piperidine rings is 1. The van der Waals surface area contributed by atoms with Gasteiger partial charge in [-0.25, -0.2) is 4.79 Å². The number of carboxylic acid groups (broad SMARTS) is 1. The second-order valence-corrected chi connectivity index (χ2v) is 6.92. The fraction of sp³-hybridized carbons (Fsp3) is 0.867. The minimum absolute atomic E-state index is 0.0419. The van der Waals surface area contributed by atoms with Crippen LogP contribution in [0.2, 0.25) is 0 Å². The van der Waals surface area contributed by atoms with E-state index in [0.717, 1.165) is 25.9 Å². The lowest BCUT2D eigenvalue weighted by atomic mass is 9.77. The molecule has 1 atom stereocenters. The lowest BCUT2D eigenvalue weighted by molar-refractivity contribution is -0.141. The van der Waals surface area contributed by atoms with Crippen LogP contribution in [0.3, 0.4) is 0 Å². The second kappa shape index (κ2) is 6.22. The van der Waals surface area contributed by atoms with Gasteiger partial charge < -0.3 is 20.4 Å². The van der Waals surface area contributed by atoms with E-state index in [9.17, 15) is 14.7 Å². The molecule has 1 unspecified atom stereocenters. The van der Waals surface area contributed by atoms with E-state index in [2.05, 4.69) is 5.32 Å². The summed E-state index contributed by atoms with van der Waals surface area (Å²) in [6.07, 6.45) is 6.94. The molecule has 21 heavy (non-hydrogen) atoms. The van der Waals surface area contributed by atoms with Crippen molar-refractivity contribution in [2.45, 2.75) is 57.5 Å². The van der Waals surface area contributed by atoms with E-state index >= 15 is 0 Å². The molecule has 1 aliphatic carbocycles. The normalized spacial score (nSPS) is 23.8. The van der Waals surface area contributed by atoms with Gasteiger partial charge in [-0.1, -0.05) is 12.8 Å². The van der Waals surface area contributed by atoms with Crippen LogP contribution in [0, 0.1) is 5.41 Å². The molecular formula is C15H26N2O4. The number of aliphatic carboxylic acids is 1. The Balaban J connectivity index is 1.76. The summed E-state index contributed by atoms with van der Waals surface area (Å²) >= 11 is 0. The van der Waals surface area contributed by atoms with Crippen LogP contribution in [0.4, 0.5) is 4.79 Å². The average molecular weight is 298 g/mol. The fourth-order valence-electron chi connectivity index (χ4n) is 3.58. The number of nitrogens with one attached hydrogen (secondary N) is 1. The summed E-state index contributed by atoms with van der Waals surface area (Å²) < 4.78 is 0. The number of nitrogens with zero attached hydrogens (tertiary/aromatic N) is 1. The van der Waals surface area contributed by atoms with E-state index in [1.54, 1.807) is 4.90 Å². The highest BCUT2D eigenvalue weighted by Gasteiger charge is 2.38. The molecule has 1 saturated heterocycles. The van der Waals surface area contributed by atoms with E-state index in [4.69, 9.17) is 5.11 Å². The number of carbonyl (C=O) groups is 2. The molecule has 1 aliphatic heterocycles. The molecule has 120 valence electrons. The van der Waals surface area contributed by atoms with Crippen molar-refractivity contribution >= 4 is 12.0 Å². The lowest BCUT2D eigenvalue weighted by Crippen LogP contribution is -2.50. The Morgan fingerprint density at radius 2 is 1.76 bits per heavy atom. The van der Waals surface area contributed by atoms with E-state index in [0.29, 0.717) is 5.41 Å². The standard InChI is InChI=1S/C15H26N2O4/c1-14(21,10-12(18)19)11-16-13(20)17-8-6-15(7-9-17)4-2-3-5-15/h21H,2-11H2,1H3,(H,16,20)(H,18,19). The third-order valence-corrected chi connectivity index (χ3v) is 4.93.